The van der Waals surface area contributed by atoms with E-state index in [1.807, 2.05) is 0 Å². The normalized spacial score (nSPS) is 18.2. The fourth-order valence-corrected chi connectivity index (χ4v) is 2.89. The average molecular weight is 240 g/mol. The van der Waals surface area contributed by atoms with E-state index in [0.29, 0.717) is 5.41 Å². The highest BCUT2D eigenvalue weighted by Gasteiger charge is 2.21. The lowest BCUT2D eigenvalue weighted by atomic mass is 9.87. The van der Waals surface area contributed by atoms with Crippen molar-refractivity contribution in [3.05, 3.63) is 0 Å². The first kappa shape index (κ1) is 15.0. The summed E-state index contributed by atoms with van der Waals surface area (Å²) < 4.78 is 0. The average Bonchev–Trinajstić information content (AvgIpc) is 2.83. The second-order valence-electron chi connectivity index (χ2n) is 6.39. The summed E-state index contributed by atoms with van der Waals surface area (Å²) in [4.78, 5) is 2.70. The van der Waals surface area contributed by atoms with Crippen LogP contribution in [-0.2, 0) is 0 Å². The number of nitrogens with zero attached hydrogens (tertiary/aromatic N) is 1. The zero-order valence-electron chi connectivity index (χ0n) is 12.2. The minimum atomic E-state index is 0.338. The Morgan fingerprint density at radius 3 is 2.35 bits per heavy atom. The summed E-state index contributed by atoms with van der Waals surface area (Å²) in [5.74, 6) is 0. The van der Waals surface area contributed by atoms with Gasteiger partial charge in [-0.15, -0.1) is 0 Å². The molecule has 1 rings (SSSR count). The van der Waals surface area contributed by atoms with Crippen LogP contribution in [0.3, 0.4) is 0 Å². The second-order valence-corrected chi connectivity index (χ2v) is 6.39. The van der Waals surface area contributed by atoms with E-state index < -0.39 is 0 Å². The van der Waals surface area contributed by atoms with Crippen molar-refractivity contribution in [1.29, 1.82) is 0 Å². The van der Waals surface area contributed by atoms with Crippen LogP contribution in [0.5, 0.6) is 0 Å². The zero-order valence-corrected chi connectivity index (χ0v) is 12.2. The molecule has 0 unspecified atom stereocenters. The fraction of sp³-hybridized carbons (Fsp3) is 1.00. The van der Waals surface area contributed by atoms with Gasteiger partial charge in [-0.05, 0) is 50.7 Å². The van der Waals surface area contributed by atoms with Crippen LogP contribution < -0.4 is 5.73 Å². The maximum Gasteiger partial charge on any atom is 0.00951 e. The number of hydrogen-bond donors (Lipinski definition) is 1. The molecule has 2 N–H and O–H groups in total. The van der Waals surface area contributed by atoms with E-state index in [4.69, 9.17) is 5.73 Å². The van der Waals surface area contributed by atoms with E-state index in [9.17, 15) is 0 Å². The van der Waals surface area contributed by atoms with Crippen molar-refractivity contribution in [2.75, 3.05) is 19.6 Å². The fourth-order valence-electron chi connectivity index (χ4n) is 2.89. The summed E-state index contributed by atoms with van der Waals surface area (Å²) in [5, 5.41) is 0. The molecule has 2 nitrogen and oxygen atoms in total. The second kappa shape index (κ2) is 7.38. The number of nitrogens with two attached hydrogens (primary N) is 1. The minimum Gasteiger partial charge on any atom is -0.330 e. The van der Waals surface area contributed by atoms with E-state index >= 15 is 0 Å². The number of hydrogen-bond acceptors (Lipinski definition) is 2. The van der Waals surface area contributed by atoms with Gasteiger partial charge in [-0.25, -0.2) is 0 Å². The molecule has 0 amide bonds. The summed E-state index contributed by atoms with van der Waals surface area (Å²) >= 11 is 0. The molecule has 0 bridgehead atoms. The molecule has 0 aromatic carbocycles. The van der Waals surface area contributed by atoms with Crippen LogP contribution in [0.15, 0.2) is 0 Å². The lowest BCUT2D eigenvalue weighted by Gasteiger charge is -2.28. The van der Waals surface area contributed by atoms with Crippen molar-refractivity contribution < 1.29 is 0 Å². The SMILES string of the molecule is CCN(CCCCC(C)(C)CN)C1CCCC1. The van der Waals surface area contributed by atoms with Crippen molar-refractivity contribution in [3.63, 3.8) is 0 Å². The van der Waals surface area contributed by atoms with Crippen LogP contribution in [0.4, 0.5) is 0 Å². The molecule has 0 heterocycles. The summed E-state index contributed by atoms with van der Waals surface area (Å²) in [6.45, 7) is 10.2. The van der Waals surface area contributed by atoms with Gasteiger partial charge in [0.05, 0.1) is 0 Å². The van der Waals surface area contributed by atoms with Crippen molar-refractivity contribution in [2.45, 2.75) is 71.8 Å². The van der Waals surface area contributed by atoms with Gasteiger partial charge in [0.1, 0.15) is 0 Å². The minimum absolute atomic E-state index is 0.338. The lowest BCUT2D eigenvalue weighted by molar-refractivity contribution is 0.200. The van der Waals surface area contributed by atoms with Crippen molar-refractivity contribution in [1.82, 2.24) is 4.90 Å². The largest absolute Gasteiger partial charge is 0.330 e. The Kier molecular flexibility index (Phi) is 6.50. The maximum absolute atomic E-state index is 5.76. The Bertz CT molecular complexity index is 195. The van der Waals surface area contributed by atoms with Gasteiger partial charge >= 0.3 is 0 Å². The molecular weight excluding hydrogens is 208 g/mol. The Morgan fingerprint density at radius 2 is 1.82 bits per heavy atom. The van der Waals surface area contributed by atoms with Crippen molar-refractivity contribution in [3.8, 4) is 0 Å². The molecule has 1 fully saturated rings. The number of unbranched alkanes of at least 4 members (excludes halogenated alkanes) is 1. The Balaban J connectivity index is 2.15. The number of rotatable bonds is 8. The third-order valence-electron chi connectivity index (χ3n) is 4.35. The van der Waals surface area contributed by atoms with Gasteiger partial charge in [-0.3, -0.25) is 0 Å². The van der Waals surface area contributed by atoms with E-state index in [1.54, 1.807) is 0 Å². The zero-order chi connectivity index (χ0) is 12.7. The first-order valence-electron chi connectivity index (χ1n) is 7.53. The van der Waals surface area contributed by atoms with Crippen LogP contribution in [0.1, 0.15) is 65.7 Å². The van der Waals surface area contributed by atoms with Gasteiger partial charge in [0.2, 0.25) is 0 Å². The standard InChI is InChI=1S/C15H32N2/c1-4-17(14-9-5-6-10-14)12-8-7-11-15(2,3)13-16/h14H,4-13,16H2,1-3H3. The summed E-state index contributed by atoms with van der Waals surface area (Å²) in [7, 11) is 0. The molecule has 17 heavy (non-hydrogen) atoms. The van der Waals surface area contributed by atoms with Crippen LogP contribution in [0.2, 0.25) is 0 Å². The maximum atomic E-state index is 5.76. The van der Waals surface area contributed by atoms with Crippen LogP contribution in [0.25, 0.3) is 0 Å². The van der Waals surface area contributed by atoms with Crippen LogP contribution in [-0.4, -0.2) is 30.6 Å². The van der Waals surface area contributed by atoms with Gasteiger partial charge in [-0.2, -0.15) is 0 Å². The monoisotopic (exact) mass is 240 g/mol. The summed E-state index contributed by atoms with van der Waals surface area (Å²) in [5.41, 5.74) is 6.10. The molecule has 0 spiro atoms. The molecule has 2 heteroatoms. The molecule has 0 saturated heterocycles. The van der Waals surface area contributed by atoms with Gasteiger partial charge in [0.15, 0.2) is 0 Å². The lowest BCUT2D eigenvalue weighted by Crippen LogP contribution is -2.34. The van der Waals surface area contributed by atoms with Gasteiger partial charge in [0.25, 0.3) is 0 Å². The van der Waals surface area contributed by atoms with Crippen molar-refractivity contribution in [2.24, 2.45) is 11.1 Å². The molecule has 1 aliphatic carbocycles. The highest BCUT2D eigenvalue weighted by molar-refractivity contribution is 4.77. The third kappa shape index (κ3) is 5.39. The smallest absolute Gasteiger partial charge is 0.00951 e. The van der Waals surface area contributed by atoms with E-state index in [0.717, 1.165) is 12.6 Å². The first-order valence-corrected chi connectivity index (χ1v) is 7.53. The van der Waals surface area contributed by atoms with E-state index in [-0.39, 0.29) is 0 Å². The Labute approximate surface area is 108 Å². The molecule has 0 atom stereocenters. The molecule has 1 aliphatic rings. The Morgan fingerprint density at radius 1 is 1.18 bits per heavy atom. The van der Waals surface area contributed by atoms with Gasteiger partial charge in [-0.1, -0.05) is 40.0 Å². The van der Waals surface area contributed by atoms with E-state index in [1.165, 1.54) is 58.0 Å². The van der Waals surface area contributed by atoms with Crippen LogP contribution >= 0.6 is 0 Å². The topological polar surface area (TPSA) is 29.3 Å². The third-order valence-corrected chi connectivity index (χ3v) is 4.35. The Hall–Kier alpha value is -0.0800. The highest BCUT2D eigenvalue weighted by Crippen LogP contribution is 2.25. The molecule has 0 aromatic heterocycles. The van der Waals surface area contributed by atoms with Crippen LogP contribution in [0, 0.1) is 5.41 Å². The molecule has 0 aliphatic heterocycles. The summed E-state index contributed by atoms with van der Waals surface area (Å²) in [6.07, 6.45) is 9.69. The molecule has 0 radical (unpaired) electrons. The molecular formula is C15H32N2. The quantitative estimate of drug-likeness (QED) is 0.659. The van der Waals surface area contributed by atoms with Crippen molar-refractivity contribution >= 4 is 0 Å². The molecule has 1 saturated carbocycles. The first-order chi connectivity index (χ1) is 8.09. The predicted octanol–water partition coefficient (Wildman–Crippen LogP) is 3.41. The van der Waals surface area contributed by atoms with E-state index in [2.05, 4.69) is 25.7 Å². The van der Waals surface area contributed by atoms with Gasteiger partial charge < -0.3 is 10.6 Å². The van der Waals surface area contributed by atoms with Gasteiger partial charge in [0, 0.05) is 6.04 Å². The molecule has 102 valence electrons. The predicted molar refractivity (Wildman–Crippen MR) is 76.2 cm³/mol. The highest BCUT2D eigenvalue weighted by atomic mass is 15.1. The summed E-state index contributed by atoms with van der Waals surface area (Å²) in [6, 6.07) is 0.891. The molecule has 0 aromatic rings.